The Balaban J connectivity index is 1.65. The third kappa shape index (κ3) is 4.20. The molecule has 3 rings (SSSR count). The molecule has 1 atom stereocenters. The van der Waals surface area contributed by atoms with Crippen LogP contribution in [0, 0.1) is 23.0 Å². The first kappa shape index (κ1) is 17.5. The topological polar surface area (TPSA) is 68.5 Å². The van der Waals surface area contributed by atoms with Crippen molar-refractivity contribution in [2.24, 2.45) is 5.92 Å². The molecule has 1 aliphatic rings. The van der Waals surface area contributed by atoms with Crippen molar-refractivity contribution >= 4 is 23.1 Å². The van der Waals surface area contributed by atoms with Gasteiger partial charge in [0.1, 0.15) is 17.8 Å². The fourth-order valence-electron chi connectivity index (χ4n) is 3.15. The van der Waals surface area contributed by atoms with Gasteiger partial charge in [-0.3, -0.25) is 10.1 Å². The molecule has 0 aliphatic carbocycles. The molecule has 0 saturated carbocycles. The number of benzene rings is 1. The number of nitrogens with zero attached hydrogens (tertiary/aromatic N) is 3. The number of aryl methyl sites for hydroxylation is 1. The molecule has 1 unspecified atom stereocenters. The standard InChI is InChI=1S/C18H20ClN3O3/c1-13-9-15(22(23)24)10-20-18(13)21-8-4-5-14(11-21)12-25-17-7-3-2-6-16(17)19/h2-3,6-7,9-10,14H,4-5,8,11-12H2,1H3. The summed E-state index contributed by atoms with van der Waals surface area (Å²) in [5.41, 5.74) is 0.846. The number of anilines is 1. The summed E-state index contributed by atoms with van der Waals surface area (Å²) in [6, 6.07) is 9.03. The van der Waals surface area contributed by atoms with Gasteiger partial charge in [0.2, 0.25) is 0 Å². The van der Waals surface area contributed by atoms with E-state index >= 15 is 0 Å². The molecule has 25 heavy (non-hydrogen) atoms. The Labute approximate surface area is 151 Å². The summed E-state index contributed by atoms with van der Waals surface area (Å²) in [5.74, 6) is 1.88. The van der Waals surface area contributed by atoms with Gasteiger partial charge >= 0.3 is 0 Å². The fraction of sp³-hybridized carbons (Fsp3) is 0.389. The predicted octanol–water partition coefficient (Wildman–Crippen LogP) is 4.25. The molecule has 7 heteroatoms. The van der Waals surface area contributed by atoms with Gasteiger partial charge in [-0.2, -0.15) is 0 Å². The summed E-state index contributed by atoms with van der Waals surface area (Å²) in [6.07, 6.45) is 3.44. The van der Waals surface area contributed by atoms with Crippen LogP contribution in [0.1, 0.15) is 18.4 Å². The van der Waals surface area contributed by atoms with Crippen LogP contribution < -0.4 is 9.64 Å². The molecule has 0 radical (unpaired) electrons. The maximum Gasteiger partial charge on any atom is 0.287 e. The lowest BCUT2D eigenvalue weighted by atomic mass is 9.98. The van der Waals surface area contributed by atoms with Crippen LogP contribution in [0.3, 0.4) is 0 Å². The highest BCUT2D eigenvalue weighted by molar-refractivity contribution is 6.32. The minimum Gasteiger partial charge on any atom is -0.492 e. The predicted molar refractivity (Wildman–Crippen MR) is 97.5 cm³/mol. The monoisotopic (exact) mass is 361 g/mol. The second-order valence-electron chi connectivity index (χ2n) is 6.29. The summed E-state index contributed by atoms with van der Waals surface area (Å²) in [7, 11) is 0. The van der Waals surface area contributed by atoms with Gasteiger partial charge in [0.05, 0.1) is 16.6 Å². The lowest BCUT2D eigenvalue weighted by Gasteiger charge is -2.34. The summed E-state index contributed by atoms with van der Waals surface area (Å²) < 4.78 is 5.87. The first-order chi connectivity index (χ1) is 12.0. The van der Waals surface area contributed by atoms with Crippen LogP contribution in [-0.4, -0.2) is 29.6 Å². The molecule has 0 bridgehead atoms. The van der Waals surface area contributed by atoms with Crippen LogP contribution in [0.15, 0.2) is 36.5 Å². The molecule has 2 heterocycles. The lowest BCUT2D eigenvalue weighted by Crippen LogP contribution is -2.38. The van der Waals surface area contributed by atoms with Crippen LogP contribution in [0.2, 0.25) is 5.02 Å². The molecule has 2 aromatic rings. The number of pyridine rings is 1. The number of para-hydroxylation sites is 1. The second-order valence-corrected chi connectivity index (χ2v) is 6.69. The molecule has 1 aromatic heterocycles. The number of hydrogen-bond donors (Lipinski definition) is 0. The Bertz CT molecular complexity index is 769. The van der Waals surface area contributed by atoms with Crippen LogP contribution in [0.25, 0.3) is 0 Å². The van der Waals surface area contributed by atoms with Crippen LogP contribution in [0.4, 0.5) is 11.5 Å². The van der Waals surface area contributed by atoms with Crippen molar-refractivity contribution in [3.8, 4) is 5.75 Å². The van der Waals surface area contributed by atoms with Gasteiger partial charge < -0.3 is 9.64 Å². The van der Waals surface area contributed by atoms with E-state index in [4.69, 9.17) is 16.3 Å². The highest BCUT2D eigenvalue weighted by Gasteiger charge is 2.23. The Kier molecular flexibility index (Phi) is 5.38. The molecule has 1 fully saturated rings. The van der Waals surface area contributed by atoms with E-state index in [-0.39, 0.29) is 5.69 Å². The van der Waals surface area contributed by atoms with Crippen molar-refractivity contribution < 1.29 is 9.66 Å². The van der Waals surface area contributed by atoms with Crippen molar-refractivity contribution in [3.63, 3.8) is 0 Å². The average molecular weight is 362 g/mol. The van der Waals surface area contributed by atoms with Gasteiger partial charge in [-0.1, -0.05) is 23.7 Å². The Morgan fingerprint density at radius 3 is 2.96 bits per heavy atom. The molecule has 0 spiro atoms. The zero-order valence-corrected chi connectivity index (χ0v) is 14.8. The number of rotatable bonds is 5. The third-order valence-corrected chi connectivity index (χ3v) is 4.69. The van der Waals surface area contributed by atoms with E-state index in [1.807, 2.05) is 31.2 Å². The molecule has 0 amide bonds. The van der Waals surface area contributed by atoms with E-state index < -0.39 is 4.92 Å². The third-order valence-electron chi connectivity index (χ3n) is 4.38. The van der Waals surface area contributed by atoms with Gasteiger partial charge in [0.25, 0.3) is 5.69 Å². The average Bonchev–Trinajstić information content (AvgIpc) is 2.61. The molecular weight excluding hydrogens is 342 g/mol. The highest BCUT2D eigenvalue weighted by atomic mass is 35.5. The number of hydrogen-bond acceptors (Lipinski definition) is 5. The maximum atomic E-state index is 10.9. The number of piperidine rings is 1. The Hall–Kier alpha value is -2.34. The van der Waals surface area contributed by atoms with Gasteiger partial charge in [0, 0.05) is 25.1 Å². The smallest absolute Gasteiger partial charge is 0.287 e. The van der Waals surface area contributed by atoms with Crippen molar-refractivity contribution in [2.75, 3.05) is 24.6 Å². The SMILES string of the molecule is Cc1cc([N+](=O)[O-])cnc1N1CCCC(COc2ccccc2Cl)C1. The number of ether oxygens (including phenoxy) is 1. The van der Waals surface area contributed by atoms with Gasteiger partial charge in [0.15, 0.2) is 0 Å². The number of halogens is 1. The van der Waals surface area contributed by atoms with Crippen molar-refractivity contribution in [1.29, 1.82) is 0 Å². The molecule has 0 N–H and O–H groups in total. The Morgan fingerprint density at radius 1 is 1.44 bits per heavy atom. The molecule has 132 valence electrons. The van der Waals surface area contributed by atoms with Crippen molar-refractivity contribution in [3.05, 3.63) is 57.2 Å². The first-order valence-electron chi connectivity index (χ1n) is 8.28. The fourth-order valence-corrected chi connectivity index (χ4v) is 3.34. The van der Waals surface area contributed by atoms with Crippen molar-refractivity contribution in [1.82, 2.24) is 4.98 Å². The zero-order valence-electron chi connectivity index (χ0n) is 14.0. The van der Waals surface area contributed by atoms with E-state index in [1.54, 1.807) is 6.07 Å². The van der Waals surface area contributed by atoms with Crippen LogP contribution >= 0.6 is 11.6 Å². The van der Waals surface area contributed by atoms with E-state index in [1.165, 1.54) is 6.20 Å². The van der Waals surface area contributed by atoms with Crippen molar-refractivity contribution in [2.45, 2.75) is 19.8 Å². The Morgan fingerprint density at radius 2 is 2.24 bits per heavy atom. The summed E-state index contributed by atoms with van der Waals surface area (Å²) in [5, 5.41) is 11.5. The first-order valence-corrected chi connectivity index (χ1v) is 8.65. The van der Waals surface area contributed by atoms with Crippen LogP contribution in [0.5, 0.6) is 5.75 Å². The molecule has 1 aromatic carbocycles. The van der Waals surface area contributed by atoms with E-state index in [0.29, 0.717) is 23.3 Å². The summed E-state index contributed by atoms with van der Waals surface area (Å²) in [6.45, 7) is 4.16. The number of nitro groups is 1. The molecular formula is C18H20ClN3O3. The second kappa shape index (κ2) is 7.70. The largest absolute Gasteiger partial charge is 0.492 e. The highest BCUT2D eigenvalue weighted by Crippen LogP contribution is 2.28. The maximum absolute atomic E-state index is 10.9. The van der Waals surface area contributed by atoms with Gasteiger partial charge in [-0.05, 0) is 37.5 Å². The minimum absolute atomic E-state index is 0.0249. The zero-order chi connectivity index (χ0) is 17.8. The van der Waals surface area contributed by atoms with Crippen LogP contribution in [-0.2, 0) is 0 Å². The normalized spacial score (nSPS) is 17.4. The quantitative estimate of drug-likeness (QED) is 0.588. The lowest BCUT2D eigenvalue weighted by molar-refractivity contribution is -0.385. The summed E-state index contributed by atoms with van der Waals surface area (Å²) >= 11 is 6.13. The minimum atomic E-state index is -0.416. The van der Waals surface area contributed by atoms with Gasteiger partial charge in [-0.15, -0.1) is 0 Å². The molecule has 6 nitrogen and oxygen atoms in total. The van der Waals surface area contributed by atoms with Gasteiger partial charge in [-0.25, -0.2) is 4.98 Å². The molecule has 1 aliphatic heterocycles. The molecule has 1 saturated heterocycles. The number of aromatic nitrogens is 1. The van der Waals surface area contributed by atoms with E-state index in [0.717, 1.165) is 37.3 Å². The van der Waals surface area contributed by atoms with E-state index in [9.17, 15) is 10.1 Å². The van der Waals surface area contributed by atoms with E-state index in [2.05, 4.69) is 9.88 Å². The summed E-state index contributed by atoms with van der Waals surface area (Å²) in [4.78, 5) is 16.9.